The number of nitrogens with zero attached hydrogens (tertiary/aromatic N) is 3. The fraction of sp³-hybridized carbons (Fsp3) is 0.421. The smallest absolute Gasteiger partial charge is 0.175 e. The quantitative estimate of drug-likeness (QED) is 0.846. The van der Waals surface area contributed by atoms with Crippen LogP contribution >= 0.6 is 11.8 Å². The van der Waals surface area contributed by atoms with Gasteiger partial charge in [-0.15, -0.1) is 0 Å². The van der Waals surface area contributed by atoms with Crippen LogP contribution in [0.2, 0.25) is 0 Å². The molecule has 0 spiro atoms. The fourth-order valence-corrected chi connectivity index (χ4v) is 4.72. The predicted octanol–water partition coefficient (Wildman–Crippen LogP) is 2.88. The Hall–Kier alpha value is -2.12. The number of aromatic nitrogens is 2. The van der Waals surface area contributed by atoms with E-state index in [4.69, 9.17) is 10.7 Å². The first-order valence-corrected chi connectivity index (χ1v) is 9.86. The minimum Gasteiger partial charge on any atom is -0.350 e. The summed E-state index contributed by atoms with van der Waals surface area (Å²) in [5.41, 5.74) is 11.0. The summed E-state index contributed by atoms with van der Waals surface area (Å²) in [6.45, 7) is 5.93. The summed E-state index contributed by atoms with van der Waals surface area (Å²) in [4.78, 5) is 22.5. The maximum Gasteiger partial charge on any atom is 0.175 e. The van der Waals surface area contributed by atoms with Gasteiger partial charge in [-0.1, -0.05) is 24.8 Å². The maximum atomic E-state index is 12.2. The number of carbonyl (C=O) groups excluding carboxylic acids is 1. The van der Waals surface area contributed by atoms with E-state index in [1.165, 1.54) is 11.1 Å². The number of ketones is 1. The van der Waals surface area contributed by atoms with E-state index < -0.39 is 0 Å². The molecule has 7 heteroatoms. The first-order valence-electron chi connectivity index (χ1n) is 9.05. The van der Waals surface area contributed by atoms with Crippen molar-refractivity contribution < 1.29 is 4.79 Å². The summed E-state index contributed by atoms with van der Waals surface area (Å²) in [5.74, 6) is 1.24. The molecule has 136 valence electrons. The molecular weight excluding hydrogens is 346 g/mol. The van der Waals surface area contributed by atoms with Gasteiger partial charge in [-0.05, 0) is 37.0 Å². The van der Waals surface area contributed by atoms with Gasteiger partial charge < -0.3 is 15.6 Å². The number of hydrogen-bond acceptors (Lipinski definition) is 6. The zero-order valence-corrected chi connectivity index (χ0v) is 15.9. The molecule has 0 atom stereocenters. The minimum absolute atomic E-state index is 0.249. The lowest BCUT2D eigenvalue weighted by Gasteiger charge is -2.15. The molecule has 0 bridgehead atoms. The lowest BCUT2D eigenvalue weighted by Crippen LogP contribution is -2.18. The molecule has 2 heterocycles. The Balaban J connectivity index is 1.77. The molecule has 6 nitrogen and oxygen atoms in total. The lowest BCUT2D eigenvalue weighted by atomic mass is 10.0. The Labute approximate surface area is 157 Å². The van der Waals surface area contributed by atoms with Crippen LogP contribution in [-0.4, -0.2) is 34.3 Å². The molecule has 0 unspecified atom stereocenters. The maximum absolute atomic E-state index is 12.2. The van der Waals surface area contributed by atoms with E-state index in [-0.39, 0.29) is 5.78 Å². The van der Waals surface area contributed by atoms with Crippen LogP contribution < -0.4 is 11.1 Å². The summed E-state index contributed by atoms with van der Waals surface area (Å²) in [7, 11) is 0. The van der Waals surface area contributed by atoms with Crippen molar-refractivity contribution in [2.24, 2.45) is 10.7 Å². The largest absolute Gasteiger partial charge is 0.350 e. The third-order valence-electron chi connectivity index (χ3n) is 4.98. The van der Waals surface area contributed by atoms with Gasteiger partial charge in [0.15, 0.2) is 10.9 Å². The highest BCUT2D eigenvalue weighted by atomic mass is 32.2. The van der Waals surface area contributed by atoms with Gasteiger partial charge in [0, 0.05) is 30.0 Å². The molecule has 1 aliphatic carbocycles. The summed E-state index contributed by atoms with van der Waals surface area (Å²) < 4.78 is 2.13. The number of aryl methyl sites for hydroxylation is 2. The van der Waals surface area contributed by atoms with Crippen LogP contribution in [0, 0.1) is 0 Å². The number of nitrogens with one attached hydrogen (secondary N) is 1. The highest BCUT2D eigenvalue weighted by molar-refractivity contribution is 7.99. The van der Waals surface area contributed by atoms with E-state index in [0.717, 1.165) is 45.7 Å². The van der Waals surface area contributed by atoms with E-state index in [0.29, 0.717) is 26.2 Å². The van der Waals surface area contributed by atoms with Gasteiger partial charge in [0.1, 0.15) is 18.2 Å². The van der Waals surface area contributed by atoms with E-state index in [9.17, 15) is 4.79 Å². The van der Waals surface area contributed by atoms with E-state index >= 15 is 0 Å². The summed E-state index contributed by atoms with van der Waals surface area (Å²) in [5, 5.41) is 4.21. The van der Waals surface area contributed by atoms with Gasteiger partial charge in [0.25, 0.3) is 0 Å². The predicted molar refractivity (Wildman–Crippen MR) is 105 cm³/mol. The molecule has 4 rings (SSSR count). The van der Waals surface area contributed by atoms with Crippen LogP contribution in [0.5, 0.6) is 0 Å². The second-order valence-corrected chi connectivity index (χ2v) is 7.62. The van der Waals surface area contributed by atoms with Gasteiger partial charge in [-0.2, -0.15) is 0 Å². The van der Waals surface area contributed by atoms with Crippen molar-refractivity contribution in [2.75, 3.05) is 18.5 Å². The molecule has 3 N–H and O–H groups in total. The zero-order chi connectivity index (χ0) is 18.3. The summed E-state index contributed by atoms with van der Waals surface area (Å²) >= 11 is 1.62. The molecule has 2 aliphatic rings. The number of imidazole rings is 1. The number of nitrogens with two attached hydrogens (primary N) is 1. The van der Waals surface area contributed by atoms with Crippen molar-refractivity contribution in [1.29, 1.82) is 0 Å². The Morgan fingerprint density at radius 1 is 1.35 bits per heavy atom. The molecule has 1 aromatic heterocycles. The lowest BCUT2D eigenvalue weighted by molar-refractivity contribution is 0.0994. The summed E-state index contributed by atoms with van der Waals surface area (Å²) in [6.07, 6.45) is 2.42. The SMILES string of the molecule is CCc1cc2c(cc1Sc1nc3c(n1CCN)NCN=C3C)C(=O)CC2. The van der Waals surface area contributed by atoms with E-state index in [1.807, 2.05) is 6.92 Å². The molecule has 0 fully saturated rings. The van der Waals surface area contributed by atoms with Crippen molar-refractivity contribution in [3.63, 3.8) is 0 Å². The second kappa shape index (κ2) is 6.89. The average molecular weight is 369 g/mol. The van der Waals surface area contributed by atoms with Gasteiger partial charge in [-0.3, -0.25) is 9.79 Å². The van der Waals surface area contributed by atoms with Crippen LogP contribution in [0.1, 0.15) is 47.4 Å². The number of Topliss-reactive ketones (excluding diaryl/α,β-unsaturated/α-hetero) is 1. The third kappa shape index (κ3) is 2.85. The zero-order valence-electron chi connectivity index (χ0n) is 15.1. The molecule has 26 heavy (non-hydrogen) atoms. The molecule has 0 saturated heterocycles. The van der Waals surface area contributed by atoms with Crippen LogP contribution in [0.25, 0.3) is 0 Å². The molecule has 0 amide bonds. The number of fused-ring (bicyclic) bond motifs is 2. The van der Waals surface area contributed by atoms with Crippen molar-refractivity contribution in [1.82, 2.24) is 9.55 Å². The number of anilines is 1. The van der Waals surface area contributed by atoms with Gasteiger partial charge >= 0.3 is 0 Å². The van der Waals surface area contributed by atoms with Crippen LogP contribution in [0.4, 0.5) is 5.82 Å². The van der Waals surface area contributed by atoms with Gasteiger partial charge in [-0.25, -0.2) is 4.98 Å². The molecule has 0 saturated carbocycles. The molecular formula is C19H23N5OS. The van der Waals surface area contributed by atoms with Crippen LogP contribution in [-0.2, 0) is 19.4 Å². The highest BCUT2D eigenvalue weighted by Gasteiger charge is 2.25. The van der Waals surface area contributed by atoms with Gasteiger partial charge in [0.2, 0.25) is 0 Å². The van der Waals surface area contributed by atoms with Gasteiger partial charge in [0.05, 0.1) is 5.71 Å². The minimum atomic E-state index is 0.249. The van der Waals surface area contributed by atoms with Crippen molar-refractivity contribution in [3.8, 4) is 0 Å². The Morgan fingerprint density at radius 3 is 2.96 bits per heavy atom. The van der Waals surface area contributed by atoms with E-state index in [2.05, 4.69) is 33.9 Å². The third-order valence-corrected chi connectivity index (χ3v) is 6.08. The van der Waals surface area contributed by atoms with E-state index in [1.54, 1.807) is 11.8 Å². The van der Waals surface area contributed by atoms with Crippen LogP contribution in [0.15, 0.2) is 27.2 Å². The highest BCUT2D eigenvalue weighted by Crippen LogP contribution is 2.37. The number of benzene rings is 1. The Morgan fingerprint density at radius 2 is 2.19 bits per heavy atom. The van der Waals surface area contributed by atoms with Crippen LogP contribution in [0.3, 0.4) is 0 Å². The summed E-state index contributed by atoms with van der Waals surface area (Å²) in [6, 6.07) is 4.26. The first-order chi connectivity index (χ1) is 12.6. The standard InChI is InChI=1S/C19H23N5OS/c1-3-12-8-13-4-5-15(25)14(13)9-16(12)26-19-23-17-11(2)21-10-22-18(17)24(19)7-6-20/h8-9,22H,3-7,10,20H2,1-2H3. The molecule has 1 aromatic carbocycles. The average Bonchev–Trinajstić information content (AvgIpc) is 3.17. The topological polar surface area (TPSA) is 85.3 Å². The van der Waals surface area contributed by atoms with Crippen molar-refractivity contribution >= 4 is 29.1 Å². The number of carbonyl (C=O) groups is 1. The van der Waals surface area contributed by atoms with Crippen molar-refractivity contribution in [3.05, 3.63) is 34.5 Å². The molecule has 2 aromatic rings. The molecule has 0 radical (unpaired) electrons. The number of hydrogen-bond donors (Lipinski definition) is 2. The number of aliphatic imine (C=N–C) groups is 1. The Bertz CT molecular complexity index is 915. The number of rotatable bonds is 5. The second-order valence-electron chi connectivity index (χ2n) is 6.61. The monoisotopic (exact) mass is 369 g/mol. The van der Waals surface area contributed by atoms with Crippen molar-refractivity contribution in [2.45, 2.75) is 49.7 Å². The molecule has 1 aliphatic heterocycles. The fourth-order valence-electron chi connectivity index (χ4n) is 3.58. The Kier molecular flexibility index (Phi) is 4.58. The first kappa shape index (κ1) is 17.3. The normalized spacial score (nSPS) is 15.5.